The molecule has 0 radical (unpaired) electrons. The highest BCUT2D eigenvalue weighted by atomic mass is 19.4. The fraction of sp³-hybridized carbons (Fsp3) is 0.211. The molecule has 1 aromatic heterocycles. The molecular weight excluding hydrogens is 386 g/mol. The number of aromatic amines is 1. The van der Waals surface area contributed by atoms with Gasteiger partial charge in [0.15, 0.2) is 6.04 Å². The quantitative estimate of drug-likeness (QED) is 0.558. The molecule has 1 amide bonds. The molecule has 148 valence electrons. The number of amides is 1. The average molecular weight is 400 g/mol. The lowest BCUT2D eigenvalue weighted by Crippen LogP contribution is -2.38. The Kier molecular flexibility index (Phi) is 4.86. The van der Waals surface area contributed by atoms with Gasteiger partial charge in [-0.15, -0.1) is 0 Å². The summed E-state index contributed by atoms with van der Waals surface area (Å²) in [6.07, 6.45) is -9.78. The van der Waals surface area contributed by atoms with E-state index < -0.39 is 35.4 Å². The second kappa shape index (κ2) is 6.88. The molecule has 0 spiro atoms. The highest BCUT2D eigenvalue weighted by molar-refractivity contribution is 5.98. The second-order valence-electron chi connectivity index (χ2n) is 6.35. The van der Waals surface area contributed by atoms with Crippen LogP contribution in [-0.2, 0) is 6.18 Å². The predicted molar refractivity (Wildman–Crippen MR) is 90.7 cm³/mol. The van der Waals surface area contributed by atoms with Crippen LogP contribution in [0.1, 0.15) is 33.2 Å². The maximum atomic E-state index is 13.5. The number of benzene rings is 2. The number of hydrogen-bond acceptors (Lipinski definition) is 1. The monoisotopic (exact) mass is 400 g/mol. The number of fused-ring (bicyclic) bond motifs is 1. The van der Waals surface area contributed by atoms with Gasteiger partial charge in [0.25, 0.3) is 5.91 Å². The topological polar surface area (TPSA) is 44.9 Å². The first-order chi connectivity index (χ1) is 12.9. The summed E-state index contributed by atoms with van der Waals surface area (Å²) in [6.45, 7) is 1.81. The first-order valence-electron chi connectivity index (χ1n) is 8.09. The van der Waals surface area contributed by atoms with Crippen LogP contribution >= 0.6 is 0 Å². The molecule has 1 unspecified atom stereocenters. The van der Waals surface area contributed by atoms with Gasteiger partial charge < -0.3 is 10.3 Å². The molecule has 3 rings (SSSR count). The summed E-state index contributed by atoms with van der Waals surface area (Å²) in [5.74, 6) is -1.08. The van der Waals surface area contributed by atoms with Crippen LogP contribution in [0.3, 0.4) is 0 Å². The average Bonchev–Trinajstić information content (AvgIpc) is 3.01. The molecule has 0 fully saturated rings. The summed E-state index contributed by atoms with van der Waals surface area (Å²) in [4.78, 5) is 15.1. The lowest BCUT2D eigenvalue weighted by molar-refractivity contribution is -0.156. The molecule has 9 heteroatoms. The highest BCUT2D eigenvalue weighted by Gasteiger charge is 2.43. The van der Waals surface area contributed by atoms with Crippen molar-refractivity contribution in [3.63, 3.8) is 0 Å². The van der Waals surface area contributed by atoms with E-state index in [4.69, 9.17) is 0 Å². The van der Waals surface area contributed by atoms with Gasteiger partial charge in [0.05, 0.1) is 5.56 Å². The summed E-state index contributed by atoms with van der Waals surface area (Å²) in [5, 5.41) is 2.40. The summed E-state index contributed by atoms with van der Waals surface area (Å²) in [7, 11) is 0. The normalized spacial score (nSPS) is 13.5. The Labute approximate surface area is 155 Å². The van der Waals surface area contributed by atoms with Gasteiger partial charge in [-0.1, -0.05) is 24.3 Å². The van der Waals surface area contributed by atoms with Crippen LogP contribution in [0.2, 0.25) is 0 Å². The van der Waals surface area contributed by atoms with Crippen LogP contribution in [0.5, 0.6) is 0 Å². The van der Waals surface area contributed by atoms with Crippen molar-refractivity contribution >= 4 is 16.8 Å². The van der Waals surface area contributed by atoms with Crippen LogP contribution in [0.15, 0.2) is 48.5 Å². The first kappa shape index (κ1) is 19.8. The van der Waals surface area contributed by atoms with Crippen molar-refractivity contribution in [3.05, 3.63) is 70.9 Å². The maximum Gasteiger partial charge on any atom is 0.416 e. The van der Waals surface area contributed by atoms with E-state index in [0.717, 1.165) is 17.7 Å². The van der Waals surface area contributed by atoms with Crippen LogP contribution in [-0.4, -0.2) is 17.1 Å². The van der Waals surface area contributed by atoms with E-state index in [0.29, 0.717) is 23.0 Å². The molecular formula is C19H14F6N2O. The van der Waals surface area contributed by atoms with E-state index in [9.17, 15) is 31.1 Å². The zero-order chi connectivity index (χ0) is 20.7. The highest BCUT2D eigenvalue weighted by Crippen LogP contribution is 2.36. The number of nitrogens with one attached hydrogen (secondary N) is 2. The molecule has 0 saturated heterocycles. The molecule has 1 atom stereocenters. The van der Waals surface area contributed by atoms with Gasteiger partial charge in [-0.25, -0.2) is 0 Å². The minimum atomic E-state index is -4.98. The Balaban J connectivity index is 1.93. The lowest BCUT2D eigenvalue weighted by Gasteiger charge is -2.22. The third-order valence-corrected chi connectivity index (χ3v) is 4.17. The van der Waals surface area contributed by atoms with Crippen LogP contribution in [0.4, 0.5) is 26.3 Å². The largest absolute Gasteiger partial charge is 0.416 e. The first-order valence-corrected chi connectivity index (χ1v) is 8.09. The Bertz CT molecular complexity index is 1020. The number of carbonyl (C=O) groups is 1. The van der Waals surface area contributed by atoms with Crippen molar-refractivity contribution in [1.29, 1.82) is 0 Å². The molecule has 0 aliphatic heterocycles. The SMILES string of the molecule is Cc1ccc2cc(C(=O)NC(c3cccc(C(F)(F)F)c3)C(F)(F)F)[nH]c2c1. The number of hydrogen-bond donors (Lipinski definition) is 2. The molecule has 0 bridgehead atoms. The molecule has 0 aliphatic carbocycles. The third kappa shape index (κ3) is 4.13. The van der Waals surface area contributed by atoms with Crippen LogP contribution in [0, 0.1) is 6.92 Å². The zero-order valence-corrected chi connectivity index (χ0v) is 14.4. The van der Waals surface area contributed by atoms with E-state index in [1.165, 1.54) is 6.07 Å². The van der Waals surface area contributed by atoms with Gasteiger partial charge in [0, 0.05) is 10.9 Å². The summed E-state index contributed by atoms with van der Waals surface area (Å²) in [5.41, 5.74) is -0.606. The predicted octanol–water partition coefficient (Wildman–Crippen LogP) is 5.53. The number of alkyl halides is 6. The number of H-pyrrole nitrogens is 1. The van der Waals surface area contributed by atoms with Gasteiger partial charge in [0.2, 0.25) is 0 Å². The summed E-state index contributed by atoms with van der Waals surface area (Å²) >= 11 is 0. The Morgan fingerprint density at radius 1 is 1.00 bits per heavy atom. The minimum Gasteiger partial charge on any atom is -0.351 e. The van der Waals surface area contributed by atoms with Gasteiger partial charge >= 0.3 is 12.4 Å². The van der Waals surface area contributed by atoms with Gasteiger partial charge in [-0.2, -0.15) is 26.3 Å². The van der Waals surface area contributed by atoms with Gasteiger partial charge in [-0.05, 0) is 42.3 Å². The van der Waals surface area contributed by atoms with E-state index in [1.807, 2.05) is 6.92 Å². The van der Waals surface area contributed by atoms with Crippen LogP contribution in [0.25, 0.3) is 10.9 Å². The standard InChI is InChI=1S/C19H14F6N2O/c1-10-5-6-11-9-15(26-14(11)7-10)17(28)27-16(19(23,24)25)12-3-2-4-13(8-12)18(20,21)22/h2-9,16,26H,1H3,(H,27,28). The number of aryl methyl sites for hydroxylation is 1. The Morgan fingerprint density at radius 2 is 1.71 bits per heavy atom. The molecule has 2 aromatic carbocycles. The second-order valence-corrected chi connectivity index (χ2v) is 6.35. The van der Waals surface area contributed by atoms with Crippen molar-refractivity contribution in [2.24, 2.45) is 0 Å². The third-order valence-electron chi connectivity index (χ3n) is 4.17. The van der Waals surface area contributed by atoms with Crippen molar-refractivity contribution in [2.45, 2.75) is 25.3 Å². The number of aromatic nitrogens is 1. The summed E-state index contributed by atoms with van der Waals surface area (Å²) in [6, 6.07) is 6.80. The Hall–Kier alpha value is -2.97. The van der Waals surface area contributed by atoms with E-state index in [-0.39, 0.29) is 5.69 Å². The fourth-order valence-electron chi connectivity index (χ4n) is 2.82. The lowest BCUT2D eigenvalue weighted by atomic mass is 10.0. The van der Waals surface area contributed by atoms with E-state index >= 15 is 0 Å². The van der Waals surface area contributed by atoms with E-state index in [2.05, 4.69) is 4.98 Å². The number of carbonyl (C=O) groups excluding carboxylic acids is 1. The summed E-state index contributed by atoms with van der Waals surface area (Å²) < 4.78 is 78.9. The van der Waals surface area contributed by atoms with Crippen molar-refractivity contribution in [3.8, 4) is 0 Å². The van der Waals surface area contributed by atoms with Crippen LogP contribution < -0.4 is 5.32 Å². The minimum absolute atomic E-state index is 0.123. The fourth-order valence-corrected chi connectivity index (χ4v) is 2.82. The number of rotatable bonds is 3. The van der Waals surface area contributed by atoms with Crippen molar-refractivity contribution in [2.75, 3.05) is 0 Å². The molecule has 2 N–H and O–H groups in total. The maximum absolute atomic E-state index is 13.5. The smallest absolute Gasteiger partial charge is 0.351 e. The number of halogens is 6. The van der Waals surface area contributed by atoms with Gasteiger partial charge in [0.1, 0.15) is 5.69 Å². The van der Waals surface area contributed by atoms with Crippen molar-refractivity contribution in [1.82, 2.24) is 10.3 Å². The molecule has 28 heavy (non-hydrogen) atoms. The molecule has 0 saturated carbocycles. The molecule has 0 aliphatic rings. The zero-order valence-electron chi connectivity index (χ0n) is 14.4. The van der Waals surface area contributed by atoms with Crippen molar-refractivity contribution < 1.29 is 31.1 Å². The van der Waals surface area contributed by atoms with Gasteiger partial charge in [-0.3, -0.25) is 4.79 Å². The van der Waals surface area contributed by atoms with E-state index in [1.54, 1.807) is 23.5 Å². The molecule has 3 nitrogen and oxygen atoms in total. The Morgan fingerprint density at radius 3 is 2.36 bits per heavy atom. The molecule has 1 heterocycles. The molecule has 3 aromatic rings.